The van der Waals surface area contributed by atoms with Crippen molar-refractivity contribution in [3.05, 3.63) is 34.4 Å². The number of rotatable bonds is 0. The van der Waals surface area contributed by atoms with E-state index in [0.29, 0.717) is 0 Å². The quantitative estimate of drug-likeness (QED) is 0.717. The highest BCUT2D eigenvalue weighted by Gasteiger charge is 2.19. The van der Waals surface area contributed by atoms with Gasteiger partial charge in [-0.3, -0.25) is 0 Å². The minimum absolute atomic E-state index is 0.105. The molecule has 1 aliphatic heterocycles. The molecule has 0 spiro atoms. The summed E-state index contributed by atoms with van der Waals surface area (Å²) in [5, 5.41) is 9.98. The molecule has 1 heterocycles. The second-order valence-corrected chi connectivity index (χ2v) is 7.02. The number of aliphatic hydroxyl groups is 1. The first-order chi connectivity index (χ1) is 11.0. The van der Waals surface area contributed by atoms with E-state index >= 15 is 0 Å². The molecule has 2 unspecified atom stereocenters. The van der Waals surface area contributed by atoms with E-state index in [1.54, 1.807) is 0 Å². The number of esters is 1. The van der Waals surface area contributed by atoms with Crippen molar-refractivity contribution in [3.8, 4) is 0 Å². The Balaban J connectivity index is 2.21. The molecule has 1 aliphatic rings. The SMILES string of the molecule is Cc1cc(C)c2c(c1)CCCCCC(O)CCCC(C)OC2=O. The van der Waals surface area contributed by atoms with Crippen molar-refractivity contribution in [3.63, 3.8) is 0 Å². The third kappa shape index (κ3) is 5.35. The Labute approximate surface area is 140 Å². The summed E-state index contributed by atoms with van der Waals surface area (Å²) < 4.78 is 5.66. The van der Waals surface area contributed by atoms with Crippen LogP contribution >= 0.6 is 0 Å². The Kier molecular flexibility index (Phi) is 6.64. The molecule has 2 rings (SSSR count). The zero-order chi connectivity index (χ0) is 16.8. The summed E-state index contributed by atoms with van der Waals surface area (Å²) in [4.78, 5) is 12.6. The predicted octanol–water partition coefficient (Wildman–Crippen LogP) is 4.50. The molecular formula is C20H30O3. The van der Waals surface area contributed by atoms with Crippen molar-refractivity contribution in [2.75, 3.05) is 0 Å². The molecule has 0 aromatic heterocycles. The van der Waals surface area contributed by atoms with Gasteiger partial charge in [-0.1, -0.05) is 30.5 Å². The largest absolute Gasteiger partial charge is 0.459 e. The summed E-state index contributed by atoms with van der Waals surface area (Å²) in [7, 11) is 0. The number of hydrogen-bond donors (Lipinski definition) is 1. The molecule has 3 nitrogen and oxygen atoms in total. The first kappa shape index (κ1) is 18.0. The highest BCUT2D eigenvalue weighted by molar-refractivity contribution is 5.93. The number of carbonyl (C=O) groups is 1. The van der Waals surface area contributed by atoms with E-state index in [0.717, 1.165) is 68.1 Å². The number of ether oxygens (including phenoxy) is 1. The van der Waals surface area contributed by atoms with Crippen molar-refractivity contribution in [2.45, 2.75) is 84.3 Å². The Hall–Kier alpha value is -1.35. The van der Waals surface area contributed by atoms with Crippen LogP contribution in [-0.4, -0.2) is 23.3 Å². The highest BCUT2D eigenvalue weighted by Crippen LogP contribution is 2.23. The summed E-state index contributed by atoms with van der Waals surface area (Å²) in [6.45, 7) is 6.01. The number of fused-ring (bicyclic) bond motifs is 1. The fourth-order valence-corrected chi connectivity index (χ4v) is 3.50. The number of aliphatic hydroxyl groups excluding tert-OH is 1. The van der Waals surface area contributed by atoms with Gasteiger partial charge in [0, 0.05) is 0 Å². The van der Waals surface area contributed by atoms with Crippen LogP contribution in [0.25, 0.3) is 0 Å². The highest BCUT2D eigenvalue weighted by atomic mass is 16.5. The fraction of sp³-hybridized carbons (Fsp3) is 0.650. The standard InChI is InChI=1S/C20H30O3/c1-14-12-15(2)19-17(13-14)9-5-4-6-10-18(21)11-7-8-16(3)23-20(19)22/h12-13,16,18,21H,4-11H2,1-3H3. The van der Waals surface area contributed by atoms with Crippen LogP contribution in [0.3, 0.4) is 0 Å². The third-order valence-electron chi connectivity index (χ3n) is 4.71. The predicted molar refractivity (Wildman–Crippen MR) is 92.8 cm³/mol. The van der Waals surface area contributed by atoms with E-state index in [1.165, 1.54) is 5.56 Å². The van der Waals surface area contributed by atoms with E-state index in [1.807, 2.05) is 13.8 Å². The fourth-order valence-electron chi connectivity index (χ4n) is 3.50. The molecule has 0 saturated carbocycles. The molecular weight excluding hydrogens is 288 g/mol. The van der Waals surface area contributed by atoms with E-state index in [-0.39, 0.29) is 18.2 Å². The molecule has 1 aromatic rings. The van der Waals surface area contributed by atoms with Gasteiger partial charge >= 0.3 is 5.97 Å². The van der Waals surface area contributed by atoms with Gasteiger partial charge in [-0.2, -0.15) is 0 Å². The molecule has 0 bridgehead atoms. The van der Waals surface area contributed by atoms with Gasteiger partial charge in [0.25, 0.3) is 0 Å². The van der Waals surface area contributed by atoms with E-state index in [4.69, 9.17) is 4.74 Å². The zero-order valence-electron chi connectivity index (χ0n) is 14.7. The number of benzene rings is 1. The van der Waals surface area contributed by atoms with Gasteiger partial charge in [-0.05, 0) is 70.4 Å². The van der Waals surface area contributed by atoms with Gasteiger partial charge in [0.05, 0.1) is 17.8 Å². The summed E-state index contributed by atoms with van der Waals surface area (Å²) in [5.74, 6) is -0.192. The van der Waals surface area contributed by atoms with E-state index in [9.17, 15) is 9.90 Å². The van der Waals surface area contributed by atoms with Crippen molar-refractivity contribution >= 4 is 5.97 Å². The topological polar surface area (TPSA) is 46.5 Å². The van der Waals surface area contributed by atoms with Gasteiger partial charge in [-0.25, -0.2) is 4.79 Å². The number of aryl methyl sites for hydroxylation is 3. The second kappa shape index (κ2) is 8.49. The molecule has 128 valence electrons. The van der Waals surface area contributed by atoms with Crippen LogP contribution in [0.2, 0.25) is 0 Å². The monoisotopic (exact) mass is 318 g/mol. The lowest BCUT2D eigenvalue weighted by atomic mass is 9.94. The molecule has 0 fully saturated rings. The van der Waals surface area contributed by atoms with Crippen LogP contribution in [0, 0.1) is 13.8 Å². The summed E-state index contributed by atoms with van der Waals surface area (Å²) in [6, 6.07) is 4.18. The maximum absolute atomic E-state index is 12.6. The van der Waals surface area contributed by atoms with E-state index < -0.39 is 0 Å². The lowest BCUT2D eigenvalue weighted by Gasteiger charge is -2.19. The van der Waals surface area contributed by atoms with Crippen molar-refractivity contribution in [1.82, 2.24) is 0 Å². The minimum atomic E-state index is -0.211. The van der Waals surface area contributed by atoms with Gasteiger partial charge < -0.3 is 9.84 Å². The average molecular weight is 318 g/mol. The van der Waals surface area contributed by atoms with Crippen molar-refractivity contribution in [2.24, 2.45) is 0 Å². The third-order valence-corrected chi connectivity index (χ3v) is 4.71. The molecule has 23 heavy (non-hydrogen) atoms. The minimum Gasteiger partial charge on any atom is -0.459 e. The average Bonchev–Trinajstić information content (AvgIpc) is 2.45. The molecule has 1 N–H and O–H groups in total. The van der Waals surface area contributed by atoms with Gasteiger partial charge in [-0.15, -0.1) is 0 Å². The van der Waals surface area contributed by atoms with Crippen LogP contribution in [0.5, 0.6) is 0 Å². The van der Waals surface area contributed by atoms with Crippen LogP contribution < -0.4 is 0 Å². The van der Waals surface area contributed by atoms with Crippen LogP contribution in [-0.2, 0) is 11.2 Å². The molecule has 0 saturated heterocycles. The Morgan fingerprint density at radius 1 is 1.04 bits per heavy atom. The molecule has 0 amide bonds. The van der Waals surface area contributed by atoms with Gasteiger partial charge in [0.2, 0.25) is 0 Å². The first-order valence-corrected chi connectivity index (χ1v) is 8.96. The molecule has 2 atom stereocenters. The first-order valence-electron chi connectivity index (χ1n) is 8.96. The second-order valence-electron chi connectivity index (χ2n) is 7.02. The van der Waals surface area contributed by atoms with Crippen LogP contribution in [0.4, 0.5) is 0 Å². The van der Waals surface area contributed by atoms with Gasteiger partial charge in [0.1, 0.15) is 0 Å². The Bertz CT molecular complexity index is 536. The number of hydrogen-bond acceptors (Lipinski definition) is 3. The molecule has 0 radical (unpaired) electrons. The van der Waals surface area contributed by atoms with Crippen LogP contribution in [0.1, 0.15) is 78.9 Å². The summed E-state index contributed by atoms with van der Waals surface area (Å²) in [5.41, 5.74) is 4.08. The Morgan fingerprint density at radius 3 is 2.57 bits per heavy atom. The summed E-state index contributed by atoms with van der Waals surface area (Å²) in [6.07, 6.45) is 7.17. The maximum Gasteiger partial charge on any atom is 0.338 e. The Morgan fingerprint density at radius 2 is 1.78 bits per heavy atom. The number of carbonyl (C=O) groups excluding carboxylic acids is 1. The molecule has 0 aliphatic carbocycles. The molecule has 3 heteroatoms. The normalized spacial score (nSPS) is 24.4. The molecule has 1 aromatic carbocycles. The maximum atomic E-state index is 12.6. The lowest BCUT2D eigenvalue weighted by molar-refractivity contribution is 0.0308. The lowest BCUT2D eigenvalue weighted by Crippen LogP contribution is -2.19. The smallest absolute Gasteiger partial charge is 0.338 e. The zero-order valence-corrected chi connectivity index (χ0v) is 14.7. The van der Waals surface area contributed by atoms with Gasteiger partial charge in [0.15, 0.2) is 0 Å². The van der Waals surface area contributed by atoms with Crippen molar-refractivity contribution in [1.29, 1.82) is 0 Å². The van der Waals surface area contributed by atoms with Crippen molar-refractivity contribution < 1.29 is 14.6 Å². The van der Waals surface area contributed by atoms with Crippen LogP contribution in [0.15, 0.2) is 12.1 Å². The summed E-state index contributed by atoms with van der Waals surface area (Å²) >= 11 is 0. The van der Waals surface area contributed by atoms with E-state index in [2.05, 4.69) is 19.1 Å². The number of cyclic esters (lactones) is 1.